The van der Waals surface area contributed by atoms with E-state index < -0.39 is 0 Å². The van der Waals surface area contributed by atoms with Crippen LogP contribution in [0.15, 0.2) is 49.2 Å². The maximum Gasteiger partial charge on any atom is 0.137 e. The summed E-state index contributed by atoms with van der Waals surface area (Å²) in [5.74, 6) is -0.00986. The maximum absolute atomic E-state index is 9.27. The molecular weight excluding hydrogens is 352 g/mol. The Bertz CT molecular complexity index is 1230. The number of hydrogen-bond donors (Lipinski definition) is 1. The zero-order chi connectivity index (χ0) is 19.1. The normalized spacial score (nSPS) is 21.1. The molecule has 0 spiro atoms. The second-order valence-electron chi connectivity index (χ2n) is 7.21. The number of nitriles is 2. The van der Waals surface area contributed by atoms with Gasteiger partial charge in [0.1, 0.15) is 5.65 Å². The molecule has 1 saturated carbocycles. The smallest absolute Gasteiger partial charge is 0.137 e. The summed E-state index contributed by atoms with van der Waals surface area (Å²) in [6.45, 7) is 0. The van der Waals surface area contributed by atoms with Crippen LogP contribution in [0.5, 0.6) is 0 Å². The van der Waals surface area contributed by atoms with E-state index in [1.807, 2.05) is 39.8 Å². The molecule has 1 fully saturated rings. The molecule has 0 atom stereocenters. The van der Waals surface area contributed by atoms with Gasteiger partial charge in [0.15, 0.2) is 0 Å². The zero-order valence-electron chi connectivity index (χ0n) is 14.9. The number of pyridine rings is 1. The predicted octanol–water partition coefficient (Wildman–Crippen LogP) is 3.13. The molecule has 0 bridgehead atoms. The van der Waals surface area contributed by atoms with E-state index in [0.717, 1.165) is 28.2 Å². The molecule has 8 nitrogen and oxygen atoms in total. The van der Waals surface area contributed by atoms with Gasteiger partial charge in [-0.15, -0.1) is 0 Å². The van der Waals surface area contributed by atoms with Crippen LogP contribution in [0, 0.1) is 28.6 Å². The molecule has 5 rings (SSSR count). The van der Waals surface area contributed by atoms with E-state index in [1.165, 1.54) is 0 Å². The highest BCUT2D eigenvalue weighted by molar-refractivity contribution is 5.73. The minimum atomic E-state index is -0.388. The first-order valence-corrected chi connectivity index (χ1v) is 9.02. The van der Waals surface area contributed by atoms with Crippen LogP contribution in [0.25, 0.3) is 28.2 Å². The summed E-state index contributed by atoms with van der Waals surface area (Å²) in [6.07, 6.45) is 10.9. The highest BCUT2D eigenvalue weighted by atomic mass is 15.3. The number of nitrogens with zero attached hydrogens (tertiary/aromatic N) is 7. The first-order valence-electron chi connectivity index (χ1n) is 9.02. The van der Waals surface area contributed by atoms with Crippen LogP contribution >= 0.6 is 0 Å². The molecule has 0 amide bonds. The van der Waals surface area contributed by atoms with Crippen molar-refractivity contribution in [3.63, 3.8) is 0 Å². The first-order chi connectivity index (χ1) is 13.7. The van der Waals surface area contributed by atoms with Crippen molar-refractivity contribution in [3.8, 4) is 34.7 Å². The quantitative estimate of drug-likeness (QED) is 0.595. The first kappa shape index (κ1) is 16.3. The average Bonchev–Trinajstić information content (AvgIpc) is 3.44. The second-order valence-corrected chi connectivity index (χ2v) is 7.21. The zero-order valence-corrected chi connectivity index (χ0v) is 14.9. The van der Waals surface area contributed by atoms with Gasteiger partial charge in [0.2, 0.25) is 0 Å². The van der Waals surface area contributed by atoms with Crippen LogP contribution < -0.4 is 0 Å². The van der Waals surface area contributed by atoms with Gasteiger partial charge in [0.05, 0.1) is 47.6 Å². The van der Waals surface area contributed by atoms with E-state index in [2.05, 4.69) is 38.5 Å². The molecule has 0 radical (unpaired) electrons. The number of aromatic nitrogens is 6. The third-order valence-electron chi connectivity index (χ3n) is 5.51. The molecule has 0 aromatic carbocycles. The third-order valence-corrected chi connectivity index (χ3v) is 5.51. The monoisotopic (exact) mass is 368 g/mol. The highest BCUT2D eigenvalue weighted by Gasteiger charge is 2.46. The standard InChI is InChI=1S/C20H16N8/c21-3-2-20(9-14(10-20)11-22)28-13-16(12-25-28)18-7-15(17-1-4-24-26-17)8-19-23-5-6-27(18)19/h1,4-8,12-14H,2,9-10H2,(H,24,26). The fourth-order valence-corrected chi connectivity index (χ4v) is 4.04. The lowest BCUT2D eigenvalue weighted by Crippen LogP contribution is -2.46. The minimum Gasteiger partial charge on any atom is -0.300 e. The number of aromatic amines is 1. The van der Waals surface area contributed by atoms with E-state index in [-0.39, 0.29) is 11.5 Å². The molecule has 28 heavy (non-hydrogen) atoms. The molecule has 1 aliphatic carbocycles. The fourth-order valence-electron chi connectivity index (χ4n) is 4.04. The summed E-state index contributed by atoms with van der Waals surface area (Å²) in [4.78, 5) is 4.43. The Morgan fingerprint density at radius 3 is 2.89 bits per heavy atom. The van der Waals surface area contributed by atoms with Gasteiger partial charge in [0.25, 0.3) is 0 Å². The number of fused-ring (bicyclic) bond motifs is 1. The lowest BCUT2D eigenvalue weighted by Gasteiger charge is -2.43. The summed E-state index contributed by atoms with van der Waals surface area (Å²) >= 11 is 0. The maximum atomic E-state index is 9.27. The molecule has 0 unspecified atom stereocenters. The van der Waals surface area contributed by atoms with Gasteiger partial charge >= 0.3 is 0 Å². The van der Waals surface area contributed by atoms with Crippen LogP contribution in [0.4, 0.5) is 0 Å². The van der Waals surface area contributed by atoms with Gasteiger partial charge in [0, 0.05) is 35.9 Å². The van der Waals surface area contributed by atoms with E-state index in [9.17, 15) is 5.26 Å². The third kappa shape index (κ3) is 2.39. The van der Waals surface area contributed by atoms with Gasteiger partial charge < -0.3 is 0 Å². The van der Waals surface area contributed by atoms with Gasteiger partial charge in [-0.3, -0.25) is 14.2 Å². The van der Waals surface area contributed by atoms with Crippen molar-refractivity contribution in [2.24, 2.45) is 5.92 Å². The van der Waals surface area contributed by atoms with Gasteiger partial charge in [-0.2, -0.15) is 20.7 Å². The van der Waals surface area contributed by atoms with Crippen LogP contribution in [-0.2, 0) is 5.54 Å². The number of nitrogens with one attached hydrogen (secondary N) is 1. The molecule has 136 valence electrons. The van der Waals surface area contributed by atoms with Crippen molar-refractivity contribution in [2.75, 3.05) is 0 Å². The van der Waals surface area contributed by atoms with Gasteiger partial charge in [-0.05, 0) is 31.0 Å². The lowest BCUT2D eigenvalue weighted by molar-refractivity contribution is 0.0882. The SMILES string of the molecule is N#CCC1(n2cc(-c3cc(-c4cc[nH]n4)cc4nccn34)cn2)CC(C#N)C1. The Morgan fingerprint density at radius 1 is 1.25 bits per heavy atom. The van der Waals surface area contributed by atoms with Crippen LogP contribution in [0.2, 0.25) is 0 Å². The van der Waals surface area contributed by atoms with Crippen LogP contribution in [0.3, 0.4) is 0 Å². The Balaban J connectivity index is 1.60. The second kappa shape index (κ2) is 6.07. The number of imidazole rings is 1. The van der Waals surface area contributed by atoms with Gasteiger partial charge in [-0.1, -0.05) is 0 Å². The van der Waals surface area contributed by atoms with Gasteiger partial charge in [-0.25, -0.2) is 4.98 Å². The summed E-state index contributed by atoms with van der Waals surface area (Å²) in [6, 6.07) is 10.5. The molecule has 4 aromatic heterocycles. The molecule has 4 aromatic rings. The molecule has 0 saturated heterocycles. The van der Waals surface area contributed by atoms with E-state index in [0.29, 0.717) is 19.3 Å². The largest absolute Gasteiger partial charge is 0.300 e. The van der Waals surface area contributed by atoms with Crippen molar-refractivity contribution in [3.05, 3.63) is 49.2 Å². The number of rotatable bonds is 4. The van der Waals surface area contributed by atoms with Crippen molar-refractivity contribution in [2.45, 2.75) is 24.8 Å². The van der Waals surface area contributed by atoms with Crippen molar-refractivity contribution < 1.29 is 0 Å². The molecule has 1 N–H and O–H groups in total. The van der Waals surface area contributed by atoms with E-state index in [1.54, 1.807) is 12.4 Å². The predicted molar refractivity (Wildman–Crippen MR) is 101 cm³/mol. The Hall–Kier alpha value is -3.91. The summed E-state index contributed by atoms with van der Waals surface area (Å²) < 4.78 is 3.87. The molecule has 8 heteroatoms. The van der Waals surface area contributed by atoms with Crippen molar-refractivity contribution in [1.29, 1.82) is 10.5 Å². The lowest BCUT2D eigenvalue weighted by atomic mass is 9.67. The highest BCUT2D eigenvalue weighted by Crippen LogP contribution is 2.46. The molecule has 4 heterocycles. The topological polar surface area (TPSA) is 111 Å². The Kier molecular flexibility index (Phi) is 3.53. The molecular formula is C20H16N8. The molecule has 0 aliphatic heterocycles. The van der Waals surface area contributed by atoms with Crippen molar-refractivity contribution in [1.82, 2.24) is 29.4 Å². The summed E-state index contributed by atoms with van der Waals surface area (Å²) in [7, 11) is 0. The average molecular weight is 368 g/mol. The number of H-pyrrole nitrogens is 1. The fraction of sp³-hybridized carbons (Fsp3) is 0.250. The summed E-state index contributed by atoms with van der Waals surface area (Å²) in [5.41, 5.74) is 4.11. The Morgan fingerprint density at radius 2 is 2.14 bits per heavy atom. The molecule has 1 aliphatic rings. The Labute approximate surface area is 160 Å². The van der Waals surface area contributed by atoms with Crippen LogP contribution in [0.1, 0.15) is 19.3 Å². The van der Waals surface area contributed by atoms with Crippen molar-refractivity contribution >= 4 is 5.65 Å². The van der Waals surface area contributed by atoms with E-state index in [4.69, 9.17) is 5.26 Å². The van der Waals surface area contributed by atoms with Crippen LogP contribution in [-0.4, -0.2) is 29.4 Å². The number of hydrogen-bond acceptors (Lipinski definition) is 5. The summed E-state index contributed by atoms with van der Waals surface area (Å²) in [5, 5.41) is 30.1. The minimum absolute atomic E-state index is 0.00986. The van der Waals surface area contributed by atoms with E-state index >= 15 is 0 Å².